The van der Waals surface area contributed by atoms with Gasteiger partial charge in [0.25, 0.3) is 0 Å². The first-order chi connectivity index (χ1) is 9.86. The first-order valence-electron chi connectivity index (χ1n) is 6.51. The molecule has 0 saturated heterocycles. The van der Waals surface area contributed by atoms with Crippen LogP contribution in [0.1, 0.15) is 11.1 Å². The predicted molar refractivity (Wildman–Crippen MR) is 88.4 cm³/mol. The van der Waals surface area contributed by atoms with Crippen LogP contribution in [-0.2, 0) is 16.3 Å². The van der Waals surface area contributed by atoms with Crippen molar-refractivity contribution in [2.24, 2.45) is 0 Å². The zero-order valence-electron chi connectivity index (χ0n) is 11.9. The lowest BCUT2D eigenvalue weighted by Crippen LogP contribution is -2.06. The molecule has 0 unspecified atom stereocenters. The van der Waals surface area contributed by atoms with Crippen LogP contribution in [0.25, 0.3) is 0 Å². The number of aryl methyl sites for hydroxylation is 1. The van der Waals surface area contributed by atoms with Crippen molar-refractivity contribution >= 4 is 31.6 Å². The lowest BCUT2D eigenvalue weighted by Gasteiger charge is -2.07. The Balaban J connectivity index is 1.93. The number of pyridine rings is 1. The monoisotopic (exact) mass is 368 g/mol. The van der Waals surface area contributed by atoms with Crippen LogP contribution in [0, 0.1) is 6.92 Å². The highest BCUT2D eigenvalue weighted by Crippen LogP contribution is 2.17. The van der Waals surface area contributed by atoms with Crippen LogP contribution in [0.4, 0.5) is 5.82 Å². The van der Waals surface area contributed by atoms with Crippen molar-refractivity contribution in [3.05, 3.63) is 52.1 Å². The Labute approximate surface area is 133 Å². The summed E-state index contributed by atoms with van der Waals surface area (Å²) in [6.07, 6.45) is 3.80. The SMILES string of the molecule is Cc1cc(NCCc2ccc(S(C)(=O)=O)cc2)ncc1Br. The standard InChI is InChI=1S/C15H17BrN2O2S/c1-11-9-15(18-10-14(11)16)17-8-7-12-3-5-13(6-4-12)21(2,19)20/h3-6,9-10H,7-8H2,1-2H3,(H,17,18). The number of sulfone groups is 1. The Kier molecular flexibility index (Phi) is 5.00. The second-order valence-corrected chi connectivity index (χ2v) is 7.78. The van der Waals surface area contributed by atoms with E-state index in [2.05, 4.69) is 26.2 Å². The first-order valence-corrected chi connectivity index (χ1v) is 9.20. The van der Waals surface area contributed by atoms with E-state index < -0.39 is 9.84 Å². The van der Waals surface area contributed by atoms with Crippen LogP contribution in [0.2, 0.25) is 0 Å². The highest BCUT2D eigenvalue weighted by Gasteiger charge is 2.06. The van der Waals surface area contributed by atoms with Crippen LogP contribution in [-0.4, -0.2) is 26.2 Å². The van der Waals surface area contributed by atoms with Gasteiger partial charge in [0.15, 0.2) is 9.84 Å². The molecule has 0 radical (unpaired) electrons. The van der Waals surface area contributed by atoms with Crippen molar-refractivity contribution in [1.82, 2.24) is 4.98 Å². The molecule has 0 saturated carbocycles. The van der Waals surface area contributed by atoms with E-state index in [4.69, 9.17) is 0 Å². The number of rotatable bonds is 5. The topological polar surface area (TPSA) is 59.1 Å². The molecule has 0 aliphatic heterocycles. The van der Waals surface area contributed by atoms with Gasteiger partial charge in [0, 0.05) is 23.5 Å². The maximum absolute atomic E-state index is 11.4. The van der Waals surface area contributed by atoms with Crippen LogP contribution >= 0.6 is 15.9 Å². The van der Waals surface area contributed by atoms with Gasteiger partial charge in [-0.15, -0.1) is 0 Å². The van der Waals surface area contributed by atoms with Crippen molar-refractivity contribution in [3.63, 3.8) is 0 Å². The van der Waals surface area contributed by atoms with E-state index in [0.717, 1.165) is 34.4 Å². The Morgan fingerprint density at radius 1 is 1.24 bits per heavy atom. The van der Waals surface area contributed by atoms with Gasteiger partial charge in [-0.1, -0.05) is 12.1 Å². The van der Waals surface area contributed by atoms with E-state index in [-0.39, 0.29) is 0 Å². The molecule has 1 aromatic heterocycles. The summed E-state index contributed by atoms with van der Waals surface area (Å²) in [6, 6.07) is 8.97. The van der Waals surface area contributed by atoms with Crippen LogP contribution < -0.4 is 5.32 Å². The van der Waals surface area contributed by atoms with Crippen LogP contribution in [0.5, 0.6) is 0 Å². The fraction of sp³-hybridized carbons (Fsp3) is 0.267. The van der Waals surface area contributed by atoms with E-state index in [9.17, 15) is 8.42 Å². The average Bonchev–Trinajstić information content (AvgIpc) is 2.42. The summed E-state index contributed by atoms with van der Waals surface area (Å²) in [6.45, 7) is 2.76. The second kappa shape index (κ2) is 6.58. The van der Waals surface area contributed by atoms with E-state index >= 15 is 0 Å². The normalized spacial score (nSPS) is 11.4. The molecular weight excluding hydrogens is 352 g/mol. The average molecular weight is 369 g/mol. The highest BCUT2D eigenvalue weighted by molar-refractivity contribution is 9.10. The molecule has 0 aliphatic rings. The lowest BCUT2D eigenvalue weighted by molar-refractivity contribution is 0.602. The first kappa shape index (κ1) is 16.0. The van der Waals surface area contributed by atoms with Crippen molar-refractivity contribution < 1.29 is 8.42 Å². The summed E-state index contributed by atoms with van der Waals surface area (Å²) >= 11 is 3.42. The molecular formula is C15H17BrN2O2S. The minimum atomic E-state index is -3.12. The third kappa shape index (κ3) is 4.54. The Hall–Kier alpha value is -1.40. The maximum atomic E-state index is 11.4. The minimum absolute atomic E-state index is 0.351. The number of benzene rings is 1. The van der Waals surface area contributed by atoms with Gasteiger partial charge >= 0.3 is 0 Å². The number of hydrogen-bond donors (Lipinski definition) is 1. The van der Waals surface area contributed by atoms with E-state index in [1.807, 2.05) is 25.1 Å². The molecule has 0 amide bonds. The van der Waals surface area contributed by atoms with Crippen molar-refractivity contribution in [2.75, 3.05) is 18.1 Å². The van der Waals surface area contributed by atoms with Crippen LogP contribution in [0.15, 0.2) is 45.9 Å². The Morgan fingerprint density at radius 3 is 2.48 bits per heavy atom. The smallest absolute Gasteiger partial charge is 0.175 e. The predicted octanol–water partition coefficient (Wildman–Crippen LogP) is 3.21. The fourth-order valence-corrected chi connectivity index (χ4v) is 2.72. The van der Waals surface area contributed by atoms with E-state index in [1.165, 1.54) is 6.26 Å². The molecule has 1 heterocycles. The van der Waals surface area contributed by atoms with Gasteiger partial charge in [0.2, 0.25) is 0 Å². The van der Waals surface area contributed by atoms with Gasteiger partial charge in [-0.25, -0.2) is 13.4 Å². The summed E-state index contributed by atoms with van der Waals surface area (Å²) < 4.78 is 23.7. The third-order valence-electron chi connectivity index (χ3n) is 3.12. The summed E-state index contributed by atoms with van der Waals surface area (Å²) in [4.78, 5) is 4.63. The fourth-order valence-electron chi connectivity index (χ4n) is 1.87. The molecule has 1 aromatic carbocycles. The molecule has 6 heteroatoms. The van der Waals surface area contributed by atoms with Gasteiger partial charge in [-0.05, 0) is 58.6 Å². The summed E-state index contributed by atoms with van der Waals surface area (Å²) in [7, 11) is -3.12. The Bertz CT molecular complexity index is 728. The van der Waals surface area contributed by atoms with Gasteiger partial charge < -0.3 is 5.32 Å². The number of nitrogens with one attached hydrogen (secondary N) is 1. The molecule has 2 aromatic rings. The molecule has 0 aliphatic carbocycles. The largest absolute Gasteiger partial charge is 0.370 e. The summed E-state index contributed by atoms with van der Waals surface area (Å²) in [5.74, 6) is 0.837. The van der Waals surface area contributed by atoms with E-state index in [0.29, 0.717) is 4.90 Å². The molecule has 0 atom stereocenters. The van der Waals surface area contributed by atoms with Crippen molar-refractivity contribution in [2.45, 2.75) is 18.2 Å². The summed E-state index contributed by atoms with van der Waals surface area (Å²) in [5, 5.41) is 3.26. The molecule has 1 N–H and O–H groups in total. The molecule has 0 fully saturated rings. The zero-order valence-corrected chi connectivity index (χ0v) is 14.3. The van der Waals surface area contributed by atoms with Crippen molar-refractivity contribution in [3.8, 4) is 0 Å². The van der Waals surface area contributed by atoms with Crippen molar-refractivity contribution in [1.29, 1.82) is 0 Å². The molecule has 21 heavy (non-hydrogen) atoms. The quantitative estimate of drug-likeness (QED) is 0.879. The number of halogens is 1. The highest BCUT2D eigenvalue weighted by atomic mass is 79.9. The second-order valence-electron chi connectivity index (χ2n) is 4.91. The summed E-state index contributed by atoms with van der Waals surface area (Å²) in [5.41, 5.74) is 2.22. The molecule has 2 rings (SSSR count). The van der Waals surface area contributed by atoms with Gasteiger partial charge in [-0.2, -0.15) is 0 Å². The van der Waals surface area contributed by atoms with Gasteiger partial charge in [-0.3, -0.25) is 0 Å². The zero-order chi connectivity index (χ0) is 15.5. The number of nitrogens with zero attached hydrogens (tertiary/aromatic N) is 1. The van der Waals surface area contributed by atoms with Crippen LogP contribution in [0.3, 0.4) is 0 Å². The van der Waals surface area contributed by atoms with Gasteiger partial charge in [0.05, 0.1) is 4.90 Å². The van der Waals surface area contributed by atoms with E-state index in [1.54, 1.807) is 18.3 Å². The van der Waals surface area contributed by atoms with Gasteiger partial charge in [0.1, 0.15) is 5.82 Å². The number of anilines is 1. The number of aromatic nitrogens is 1. The maximum Gasteiger partial charge on any atom is 0.175 e. The minimum Gasteiger partial charge on any atom is -0.370 e. The Morgan fingerprint density at radius 2 is 1.90 bits per heavy atom. The molecule has 0 spiro atoms. The third-order valence-corrected chi connectivity index (χ3v) is 5.08. The molecule has 112 valence electrons. The molecule has 4 nitrogen and oxygen atoms in total. The molecule has 0 bridgehead atoms. The lowest BCUT2D eigenvalue weighted by atomic mass is 10.1. The number of hydrogen-bond acceptors (Lipinski definition) is 4.